The Labute approximate surface area is 167 Å². The highest BCUT2D eigenvalue weighted by Crippen LogP contribution is 2.17. The molecule has 0 unspecified atom stereocenters. The van der Waals surface area contributed by atoms with Crippen LogP contribution in [0.1, 0.15) is 54.7 Å². The first-order chi connectivity index (χ1) is 14.0. The SMILES string of the molecule is O=C(OCC(=O)N1CCCC1=O)c1ccc2c(=O)n3c(nc2c1)CCCCCC3. The molecule has 0 radical (unpaired) electrons. The maximum absolute atomic E-state index is 12.8. The minimum Gasteiger partial charge on any atom is -0.452 e. The Kier molecular flexibility index (Phi) is 5.42. The third-order valence-corrected chi connectivity index (χ3v) is 5.50. The number of aromatic nitrogens is 2. The van der Waals surface area contributed by atoms with Crippen LogP contribution in [0.4, 0.5) is 0 Å². The number of hydrogen-bond acceptors (Lipinski definition) is 6. The lowest BCUT2D eigenvalue weighted by molar-refractivity contribution is -0.143. The molecule has 3 heterocycles. The Morgan fingerprint density at radius 1 is 1.00 bits per heavy atom. The van der Waals surface area contributed by atoms with Gasteiger partial charge in [0, 0.05) is 25.9 Å². The van der Waals surface area contributed by atoms with Crippen molar-refractivity contribution in [3.8, 4) is 0 Å². The van der Waals surface area contributed by atoms with E-state index in [1.165, 1.54) is 12.1 Å². The molecule has 8 nitrogen and oxygen atoms in total. The van der Waals surface area contributed by atoms with Gasteiger partial charge in [-0.05, 0) is 37.5 Å². The van der Waals surface area contributed by atoms with Crippen molar-refractivity contribution in [1.29, 1.82) is 0 Å². The molecule has 1 aromatic heterocycles. The number of hydrogen-bond donors (Lipinski definition) is 0. The van der Waals surface area contributed by atoms with Gasteiger partial charge in [-0.3, -0.25) is 23.9 Å². The summed E-state index contributed by atoms with van der Waals surface area (Å²) in [6.45, 7) is 0.547. The highest BCUT2D eigenvalue weighted by atomic mass is 16.5. The van der Waals surface area contributed by atoms with Gasteiger partial charge in [-0.2, -0.15) is 0 Å². The highest BCUT2D eigenvalue weighted by Gasteiger charge is 2.27. The zero-order chi connectivity index (χ0) is 20.4. The minimum absolute atomic E-state index is 0.0884. The molecule has 0 N–H and O–H groups in total. The molecular formula is C21H23N3O5. The molecule has 152 valence electrons. The Balaban J connectivity index is 1.54. The summed E-state index contributed by atoms with van der Waals surface area (Å²) in [6.07, 6.45) is 5.88. The molecule has 0 spiro atoms. The third-order valence-electron chi connectivity index (χ3n) is 5.50. The molecule has 0 aliphatic carbocycles. The number of rotatable bonds is 3. The molecule has 8 heteroatoms. The van der Waals surface area contributed by atoms with Gasteiger partial charge in [0.1, 0.15) is 5.82 Å². The maximum atomic E-state index is 12.8. The van der Waals surface area contributed by atoms with Gasteiger partial charge < -0.3 is 4.74 Å². The predicted octanol–water partition coefficient (Wildman–Crippen LogP) is 1.82. The maximum Gasteiger partial charge on any atom is 0.338 e. The summed E-state index contributed by atoms with van der Waals surface area (Å²) >= 11 is 0. The van der Waals surface area contributed by atoms with E-state index in [4.69, 9.17) is 4.74 Å². The van der Waals surface area contributed by atoms with E-state index in [-0.39, 0.29) is 17.0 Å². The number of aryl methyl sites for hydroxylation is 1. The molecule has 2 aliphatic heterocycles. The lowest BCUT2D eigenvalue weighted by Gasteiger charge is -2.16. The molecule has 1 fully saturated rings. The monoisotopic (exact) mass is 397 g/mol. The van der Waals surface area contributed by atoms with Crippen LogP contribution in [0.15, 0.2) is 23.0 Å². The normalized spacial score (nSPS) is 17.0. The molecule has 2 amide bonds. The number of fused-ring (bicyclic) bond motifs is 2. The Hall–Kier alpha value is -3.03. The van der Waals surface area contributed by atoms with Gasteiger partial charge in [0.25, 0.3) is 11.5 Å². The molecule has 2 aromatic rings. The molecular weight excluding hydrogens is 374 g/mol. The van der Waals surface area contributed by atoms with Crippen LogP contribution in [-0.2, 0) is 27.3 Å². The van der Waals surface area contributed by atoms with Crippen molar-refractivity contribution < 1.29 is 19.1 Å². The molecule has 4 rings (SSSR count). The fourth-order valence-corrected chi connectivity index (χ4v) is 3.92. The van der Waals surface area contributed by atoms with E-state index < -0.39 is 18.5 Å². The lowest BCUT2D eigenvalue weighted by Crippen LogP contribution is -2.35. The van der Waals surface area contributed by atoms with Crippen LogP contribution < -0.4 is 5.56 Å². The molecule has 0 saturated carbocycles. The topological polar surface area (TPSA) is 98.6 Å². The van der Waals surface area contributed by atoms with Gasteiger partial charge in [-0.15, -0.1) is 0 Å². The summed E-state index contributed by atoms with van der Waals surface area (Å²) < 4.78 is 6.83. The number of carbonyl (C=O) groups is 3. The highest BCUT2D eigenvalue weighted by molar-refractivity contribution is 5.99. The van der Waals surface area contributed by atoms with Gasteiger partial charge >= 0.3 is 5.97 Å². The molecule has 1 aromatic carbocycles. The quantitative estimate of drug-likeness (QED) is 0.733. The minimum atomic E-state index is -0.680. The summed E-state index contributed by atoms with van der Waals surface area (Å²) in [5.41, 5.74) is 0.590. The van der Waals surface area contributed by atoms with E-state index in [1.807, 2.05) is 0 Å². The number of nitrogens with zero attached hydrogens (tertiary/aromatic N) is 3. The second kappa shape index (κ2) is 8.14. The van der Waals surface area contributed by atoms with Crippen LogP contribution in [0.25, 0.3) is 10.9 Å². The molecule has 1 saturated heterocycles. The van der Waals surface area contributed by atoms with Gasteiger partial charge in [0.2, 0.25) is 5.91 Å². The zero-order valence-electron chi connectivity index (χ0n) is 16.2. The van der Waals surface area contributed by atoms with E-state index in [0.29, 0.717) is 36.8 Å². The number of benzene rings is 1. The Morgan fingerprint density at radius 2 is 1.83 bits per heavy atom. The van der Waals surface area contributed by atoms with Crippen LogP contribution in [0, 0.1) is 0 Å². The summed E-state index contributed by atoms with van der Waals surface area (Å²) in [6, 6.07) is 4.62. The van der Waals surface area contributed by atoms with Crippen LogP contribution in [0.5, 0.6) is 0 Å². The summed E-state index contributed by atoms with van der Waals surface area (Å²) in [5.74, 6) is -0.687. The number of ether oxygens (including phenoxy) is 1. The van der Waals surface area contributed by atoms with Gasteiger partial charge in [-0.25, -0.2) is 9.78 Å². The average Bonchev–Trinajstić information content (AvgIpc) is 3.13. The fourth-order valence-electron chi connectivity index (χ4n) is 3.92. The lowest BCUT2D eigenvalue weighted by atomic mass is 10.1. The van der Waals surface area contributed by atoms with Crippen molar-refractivity contribution in [2.45, 2.75) is 51.5 Å². The number of carbonyl (C=O) groups excluding carboxylic acids is 3. The molecule has 2 aliphatic rings. The number of esters is 1. The predicted molar refractivity (Wildman–Crippen MR) is 104 cm³/mol. The first kappa shape index (κ1) is 19.3. The fraction of sp³-hybridized carbons (Fsp3) is 0.476. The van der Waals surface area contributed by atoms with Gasteiger partial charge in [0.05, 0.1) is 16.5 Å². The van der Waals surface area contributed by atoms with Crippen molar-refractivity contribution in [3.05, 3.63) is 39.9 Å². The van der Waals surface area contributed by atoms with E-state index in [1.54, 1.807) is 10.6 Å². The number of likely N-dealkylation sites (tertiary alicyclic amines) is 1. The van der Waals surface area contributed by atoms with Gasteiger partial charge in [0.15, 0.2) is 6.61 Å². The summed E-state index contributed by atoms with van der Waals surface area (Å²) in [5, 5.41) is 0.463. The van der Waals surface area contributed by atoms with Crippen molar-refractivity contribution in [2.24, 2.45) is 0 Å². The largest absolute Gasteiger partial charge is 0.452 e. The second-order valence-corrected chi connectivity index (χ2v) is 7.50. The smallest absolute Gasteiger partial charge is 0.338 e. The summed E-state index contributed by atoms with van der Waals surface area (Å²) in [4.78, 5) is 54.6. The zero-order valence-corrected chi connectivity index (χ0v) is 16.2. The number of amides is 2. The molecule has 0 bridgehead atoms. The van der Waals surface area contributed by atoms with Crippen LogP contribution in [0.3, 0.4) is 0 Å². The average molecular weight is 397 g/mol. The summed E-state index contributed by atoms with van der Waals surface area (Å²) in [7, 11) is 0. The van der Waals surface area contributed by atoms with E-state index >= 15 is 0 Å². The van der Waals surface area contributed by atoms with Crippen LogP contribution in [-0.4, -0.2) is 45.4 Å². The first-order valence-corrected chi connectivity index (χ1v) is 10.1. The van der Waals surface area contributed by atoms with Crippen LogP contribution in [0.2, 0.25) is 0 Å². The van der Waals surface area contributed by atoms with Crippen molar-refractivity contribution in [2.75, 3.05) is 13.2 Å². The van der Waals surface area contributed by atoms with E-state index in [9.17, 15) is 19.2 Å². The Morgan fingerprint density at radius 3 is 2.62 bits per heavy atom. The third kappa shape index (κ3) is 3.92. The van der Waals surface area contributed by atoms with Crippen molar-refractivity contribution >= 4 is 28.7 Å². The standard InChI is InChI=1S/C21H23N3O5/c25-18-7-5-11-24(18)19(26)13-29-21(28)14-8-9-15-16(12-14)22-17-6-3-1-2-4-10-23(17)20(15)27/h8-9,12H,1-7,10-11,13H2. The van der Waals surface area contributed by atoms with Crippen molar-refractivity contribution in [3.63, 3.8) is 0 Å². The van der Waals surface area contributed by atoms with Crippen molar-refractivity contribution in [1.82, 2.24) is 14.5 Å². The molecule has 0 atom stereocenters. The number of imide groups is 1. The van der Waals surface area contributed by atoms with Gasteiger partial charge in [-0.1, -0.05) is 12.8 Å². The first-order valence-electron chi connectivity index (χ1n) is 10.1. The van der Waals surface area contributed by atoms with E-state index in [0.717, 1.165) is 42.8 Å². The molecule has 29 heavy (non-hydrogen) atoms. The Bertz CT molecular complexity index is 1040. The second-order valence-electron chi connectivity index (χ2n) is 7.50. The van der Waals surface area contributed by atoms with Crippen LogP contribution >= 0.6 is 0 Å². The van der Waals surface area contributed by atoms with E-state index in [2.05, 4.69) is 4.98 Å².